The third-order valence-corrected chi connectivity index (χ3v) is 7.49. The number of ether oxygens (including phenoxy) is 2. The minimum atomic E-state index is -3.52. The summed E-state index contributed by atoms with van der Waals surface area (Å²) in [5.74, 6) is -1.74. The molecule has 3 rings (SSSR count). The average molecular weight is 478 g/mol. The van der Waals surface area contributed by atoms with Crippen molar-refractivity contribution in [2.45, 2.75) is 43.4 Å². The van der Waals surface area contributed by atoms with Crippen LogP contribution in [0.5, 0.6) is 5.75 Å². The van der Waals surface area contributed by atoms with Crippen molar-refractivity contribution in [3.8, 4) is 5.75 Å². The van der Waals surface area contributed by atoms with E-state index in [4.69, 9.17) is 9.47 Å². The fourth-order valence-corrected chi connectivity index (χ4v) is 5.16. The zero-order valence-electron chi connectivity index (χ0n) is 18.6. The highest BCUT2D eigenvalue weighted by molar-refractivity contribution is 7.89. The highest BCUT2D eigenvalue weighted by Gasteiger charge is 2.25. The smallest absolute Gasteiger partial charge is 0.306 e. The molecule has 0 amide bonds. The van der Waals surface area contributed by atoms with Crippen molar-refractivity contribution in [2.24, 2.45) is 0 Å². The van der Waals surface area contributed by atoms with Crippen LogP contribution in [-0.2, 0) is 26.0 Å². The topological polar surface area (TPSA) is 90.0 Å². The van der Waals surface area contributed by atoms with E-state index in [1.807, 2.05) is 0 Å². The van der Waals surface area contributed by atoms with E-state index in [0.29, 0.717) is 19.5 Å². The zero-order chi connectivity index (χ0) is 23.8. The van der Waals surface area contributed by atoms with Crippen LogP contribution in [0.25, 0.3) is 0 Å². The van der Waals surface area contributed by atoms with Gasteiger partial charge in [0, 0.05) is 25.1 Å². The summed E-state index contributed by atoms with van der Waals surface area (Å²) in [5.41, 5.74) is 0.868. The molecule has 9 heteroatoms. The van der Waals surface area contributed by atoms with E-state index >= 15 is 0 Å². The van der Waals surface area contributed by atoms with E-state index in [-0.39, 0.29) is 22.6 Å². The molecule has 1 aliphatic heterocycles. The summed E-state index contributed by atoms with van der Waals surface area (Å²) in [7, 11) is -2.19. The lowest BCUT2D eigenvalue weighted by molar-refractivity contribution is -0.142. The summed E-state index contributed by atoms with van der Waals surface area (Å²) >= 11 is 0. The molecule has 0 unspecified atom stereocenters. The maximum absolute atomic E-state index is 13.7. The second-order valence-electron chi connectivity index (χ2n) is 7.90. The molecular formula is C24H28FNO6S. The summed E-state index contributed by atoms with van der Waals surface area (Å²) in [6.45, 7) is 0.591. The summed E-state index contributed by atoms with van der Waals surface area (Å²) in [6, 6.07) is 10.3. The number of Topliss-reactive ketones (excluding diaryl/α,β-unsaturated/α-hetero) is 1. The second kappa shape index (κ2) is 11.4. The maximum atomic E-state index is 13.7. The SMILES string of the molecule is COc1ccc(C(=O)COC(=O)CCc2ccc(S(=O)(=O)N3CCCCCC3)cc2)cc1F. The minimum absolute atomic E-state index is 0.0220. The molecule has 0 saturated carbocycles. The normalized spacial score (nSPS) is 15.0. The molecule has 0 bridgehead atoms. The van der Waals surface area contributed by atoms with Crippen LogP contribution in [0, 0.1) is 5.82 Å². The van der Waals surface area contributed by atoms with E-state index in [9.17, 15) is 22.4 Å². The molecule has 0 spiro atoms. The average Bonchev–Trinajstić information content (AvgIpc) is 3.11. The molecule has 1 fully saturated rings. The Morgan fingerprint density at radius 3 is 2.27 bits per heavy atom. The summed E-state index contributed by atoms with van der Waals surface area (Å²) in [6.07, 6.45) is 4.20. The lowest BCUT2D eigenvalue weighted by Crippen LogP contribution is -2.31. The van der Waals surface area contributed by atoms with Gasteiger partial charge >= 0.3 is 5.97 Å². The number of carbonyl (C=O) groups is 2. The first-order valence-electron chi connectivity index (χ1n) is 10.9. The molecule has 1 heterocycles. The molecule has 1 aliphatic rings. The lowest BCUT2D eigenvalue weighted by atomic mass is 10.1. The molecule has 1 saturated heterocycles. The highest BCUT2D eigenvalue weighted by Crippen LogP contribution is 2.21. The van der Waals surface area contributed by atoms with Crippen molar-refractivity contribution in [2.75, 3.05) is 26.8 Å². The number of aryl methyl sites for hydroxylation is 1. The third-order valence-electron chi connectivity index (χ3n) is 5.58. The monoisotopic (exact) mass is 477 g/mol. The number of carbonyl (C=O) groups excluding carboxylic acids is 2. The molecule has 0 N–H and O–H groups in total. The van der Waals surface area contributed by atoms with E-state index < -0.39 is 34.2 Å². The number of sulfonamides is 1. The highest BCUT2D eigenvalue weighted by atomic mass is 32.2. The van der Waals surface area contributed by atoms with Gasteiger partial charge in [0.15, 0.2) is 24.0 Å². The molecule has 7 nitrogen and oxygen atoms in total. The number of methoxy groups -OCH3 is 1. The second-order valence-corrected chi connectivity index (χ2v) is 9.83. The Morgan fingerprint density at radius 1 is 1.00 bits per heavy atom. The van der Waals surface area contributed by atoms with Crippen LogP contribution >= 0.6 is 0 Å². The maximum Gasteiger partial charge on any atom is 0.306 e. The van der Waals surface area contributed by atoms with Crippen molar-refractivity contribution in [3.05, 3.63) is 59.4 Å². The molecule has 33 heavy (non-hydrogen) atoms. The largest absolute Gasteiger partial charge is 0.494 e. The van der Waals surface area contributed by atoms with Gasteiger partial charge in [-0.25, -0.2) is 12.8 Å². The van der Waals surface area contributed by atoms with Crippen molar-refractivity contribution < 1.29 is 31.9 Å². The molecule has 0 radical (unpaired) electrons. The standard InChI is InChI=1S/C24H28FNO6S/c1-31-23-12-9-19(16-21(23)25)22(27)17-32-24(28)13-8-18-6-10-20(11-7-18)33(29,30)26-14-4-2-3-5-15-26/h6-7,9-12,16H,2-5,8,13-15,17H2,1H3. The number of ketones is 1. The fourth-order valence-electron chi connectivity index (χ4n) is 3.65. The number of nitrogens with zero attached hydrogens (tertiary/aromatic N) is 1. The number of halogens is 1. The van der Waals surface area contributed by atoms with Gasteiger partial charge in [0.2, 0.25) is 10.0 Å². The third kappa shape index (κ3) is 6.61. The molecule has 0 aromatic heterocycles. The molecule has 0 atom stereocenters. The Labute approximate surface area is 193 Å². The van der Waals surface area contributed by atoms with E-state index in [1.165, 1.54) is 23.5 Å². The van der Waals surface area contributed by atoms with E-state index in [1.54, 1.807) is 24.3 Å². The van der Waals surface area contributed by atoms with Gasteiger partial charge in [-0.1, -0.05) is 25.0 Å². The fraction of sp³-hybridized carbons (Fsp3) is 0.417. The number of esters is 1. The van der Waals surface area contributed by atoms with Crippen molar-refractivity contribution in [1.29, 1.82) is 0 Å². The van der Waals surface area contributed by atoms with Crippen molar-refractivity contribution in [1.82, 2.24) is 4.31 Å². The Bertz CT molecular complexity index is 1080. The van der Waals surface area contributed by atoms with Crippen LogP contribution in [0.2, 0.25) is 0 Å². The van der Waals surface area contributed by atoms with Crippen LogP contribution in [0.3, 0.4) is 0 Å². The van der Waals surface area contributed by atoms with Crippen LogP contribution < -0.4 is 4.74 Å². The first-order chi connectivity index (χ1) is 15.8. The number of benzene rings is 2. The number of hydrogen-bond acceptors (Lipinski definition) is 6. The van der Waals surface area contributed by atoms with E-state index in [0.717, 1.165) is 37.3 Å². The van der Waals surface area contributed by atoms with Gasteiger partial charge in [0.25, 0.3) is 0 Å². The lowest BCUT2D eigenvalue weighted by Gasteiger charge is -2.20. The van der Waals surface area contributed by atoms with E-state index in [2.05, 4.69) is 0 Å². The van der Waals surface area contributed by atoms with Gasteiger partial charge in [-0.15, -0.1) is 0 Å². The summed E-state index contributed by atoms with van der Waals surface area (Å²) in [5, 5.41) is 0. The van der Waals surface area contributed by atoms with Crippen LogP contribution in [0.4, 0.5) is 4.39 Å². The van der Waals surface area contributed by atoms with Gasteiger partial charge in [-0.05, 0) is 55.2 Å². The van der Waals surface area contributed by atoms with Crippen LogP contribution in [0.15, 0.2) is 47.4 Å². The van der Waals surface area contributed by atoms with Crippen molar-refractivity contribution in [3.63, 3.8) is 0 Å². The minimum Gasteiger partial charge on any atom is -0.494 e. The van der Waals surface area contributed by atoms with Gasteiger partial charge in [-0.3, -0.25) is 9.59 Å². The summed E-state index contributed by atoms with van der Waals surface area (Å²) in [4.78, 5) is 24.4. The Kier molecular flexibility index (Phi) is 8.57. The molecular weight excluding hydrogens is 449 g/mol. The molecule has 2 aromatic carbocycles. The quantitative estimate of drug-likeness (QED) is 0.404. The van der Waals surface area contributed by atoms with Gasteiger partial charge in [-0.2, -0.15) is 4.31 Å². The zero-order valence-corrected chi connectivity index (χ0v) is 19.4. The predicted molar refractivity (Wildman–Crippen MR) is 120 cm³/mol. The van der Waals surface area contributed by atoms with Gasteiger partial charge < -0.3 is 9.47 Å². The number of rotatable bonds is 9. The molecule has 2 aromatic rings. The summed E-state index contributed by atoms with van der Waals surface area (Å²) < 4.78 is 50.7. The van der Waals surface area contributed by atoms with Crippen molar-refractivity contribution >= 4 is 21.8 Å². The Hall–Kier alpha value is -2.78. The first kappa shape index (κ1) is 24.9. The van der Waals surface area contributed by atoms with Crippen LogP contribution in [-0.4, -0.2) is 51.3 Å². The van der Waals surface area contributed by atoms with Crippen LogP contribution in [0.1, 0.15) is 48.0 Å². The first-order valence-corrected chi connectivity index (χ1v) is 12.4. The molecule has 0 aliphatic carbocycles. The Balaban J connectivity index is 1.49. The van der Waals surface area contributed by atoms with Gasteiger partial charge in [0.1, 0.15) is 0 Å². The van der Waals surface area contributed by atoms with Gasteiger partial charge in [0.05, 0.1) is 12.0 Å². The number of hydrogen-bond donors (Lipinski definition) is 0. The predicted octanol–water partition coefficient (Wildman–Crippen LogP) is 3.76. The Morgan fingerprint density at radius 2 is 1.67 bits per heavy atom. The molecule has 178 valence electrons.